The summed E-state index contributed by atoms with van der Waals surface area (Å²) in [7, 11) is 0. The van der Waals surface area contributed by atoms with Gasteiger partial charge in [0, 0.05) is 18.1 Å². The number of hydrogen-bond donors (Lipinski definition) is 2. The van der Waals surface area contributed by atoms with E-state index in [-0.39, 0.29) is 11.5 Å². The SMILES string of the molecule is Cc1nnc(N/N=C\c2ccc(-n3ccnc3)cc2)[nH]c1=O. The largest absolute Gasteiger partial charge is 0.306 e. The van der Waals surface area contributed by atoms with E-state index in [4.69, 9.17) is 0 Å². The van der Waals surface area contributed by atoms with E-state index in [1.54, 1.807) is 25.7 Å². The second-order valence-corrected chi connectivity index (χ2v) is 4.52. The van der Waals surface area contributed by atoms with E-state index >= 15 is 0 Å². The first-order chi connectivity index (χ1) is 10.7. The van der Waals surface area contributed by atoms with Crippen molar-refractivity contribution in [2.75, 3.05) is 5.43 Å². The Labute approximate surface area is 125 Å². The number of nitrogens with zero attached hydrogens (tertiary/aromatic N) is 5. The lowest BCUT2D eigenvalue weighted by atomic mass is 10.2. The van der Waals surface area contributed by atoms with E-state index in [0.717, 1.165) is 11.3 Å². The third-order valence-corrected chi connectivity index (χ3v) is 2.94. The maximum Gasteiger partial charge on any atom is 0.274 e. The summed E-state index contributed by atoms with van der Waals surface area (Å²) in [5.74, 6) is 0.196. The zero-order valence-electron chi connectivity index (χ0n) is 11.8. The van der Waals surface area contributed by atoms with Crippen LogP contribution in [0.4, 0.5) is 5.95 Å². The van der Waals surface area contributed by atoms with Crippen molar-refractivity contribution in [3.63, 3.8) is 0 Å². The number of H-pyrrole nitrogens is 1. The summed E-state index contributed by atoms with van der Waals surface area (Å²) in [6.45, 7) is 1.58. The van der Waals surface area contributed by atoms with Crippen molar-refractivity contribution in [1.29, 1.82) is 0 Å². The summed E-state index contributed by atoms with van der Waals surface area (Å²) >= 11 is 0. The molecule has 0 unspecified atom stereocenters. The minimum Gasteiger partial charge on any atom is -0.306 e. The van der Waals surface area contributed by atoms with Crippen molar-refractivity contribution in [3.05, 3.63) is 64.6 Å². The van der Waals surface area contributed by atoms with Crippen molar-refractivity contribution in [2.45, 2.75) is 6.92 Å². The molecule has 2 heterocycles. The average molecular weight is 295 g/mol. The number of nitrogens with one attached hydrogen (secondary N) is 2. The Hall–Kier alpha value is -3.29. The number of imidazole rings is 1. The molecule has 2 N–H and O–H groups in total. The summed E-state index contributed by atoms with van der Waals surface area (Å²) in [4.78, 5) is 17.9. The van der Waals surface area contributed by atoms with Crippen molar-refractivity contribution in [2.24, 2.45) is 5.10 Å². The van der Waals surface area contributed by atoms with Crippen LogP contribution in [0.5, 0.6) is 0 Å². The molecule has 110 valence electrons. The molecule has 0 aliphatic heterocycles. The fourth-order valence-corrected chi connectivity index (χ4v) is 1.76. The molecule has 1 aromatic carbocycles. The van der Waals surface area contributed by atoms with E-state index in [0.29, 0.717) is 5.69 Å². The van der Waals surface area contributed by atoms with Gasteiger partial charge in [0.05, 0.1) is 12.5 Å². The molecule has 3 aromatic rings. The van der Waals surface area contributed by atoms with Crippen LogP contribution in [-0.2, 0) is 0 Å². The standard InChI is InChI=1S/C14H13N7O/c1-10-13(22)17-14(20-18-10)19-16-8-11-2-4-12(5-3-11)21-7-6-15-9-21/h2-9H,1H3,(H2,17,19,20,22)/b16-8-. The first-order valence-electron chi connectivity index (χ1n) is 6.53. The minimum absolute atomic E-state index is 0.196. The Morgan fingerprint density at radius 1 is 1.27 bits per heavy atom. The summed E-state index contributed by atoms with van der Waals surface area (Å²) in [5, 5.41) is 11.5. The van der Waals surface area contributed by atoms with Gasteiger partial charge >= 0.3 is 0 Å². The summed E-state index contributed by atoms with van der Waals surface area (Å²) in [6.07, 6.45) is 6.95. The van der Waals surface area contributed by atoms with E-state index < -0.39 is 0 Å². The van der Waals surface area contributed by atoms with E-state index in [1.807, 2.05) is 35.0 Å². The Morgan fingerprint density at radius 3 is 2.77 bits per heavy atom. The molecule has 22 heavy (non-hydrogen) atoms. The lowest BCUT2D eigenvalue weighted by Crippen LogP contribution is -2.15. The van der Waals surface area contributed by atoms with Gasteiger partial charge in [-0.3, -0.25) is 9.78 Å². The number of benzene rings is 1. The quantitative estimate of drug-likeness (QED) is 0.554. The monoisotopic (exact) mass is 295 g/mol. The molecule has 8 nitrogen and oxygen atoms in total. The van der Waals surface area contributed by atoms with Crippen LogP contribution in [0.25, 0.3) is 5.69 Å². The lowest BCUT2D eigenvalue weighted by molar-refractivity contribution is 0.897. The second kappa shape index (κ2) is 6.00. The van der Waals surface area contributed by atoms with Gasteiger partial charge in [0.2, 0.25) is 5.95 Å². The Morgan fingerprint density at radius 2 is 2.09 bits per heavy atom. The Balaban J connectivity index is 1.67. The molecule has 0 radical (unpaired) electrons. The van der Waals surface area contributed by atoms with E-state index in [9.17, 15) is 4.79 Å². The molecule has 0 saturated carbocycles. The van der Waals surface area contributed by atoms with Crippen LogP contribution < -0.4 is 11.0 Å². The van der Waals surface area contributed by atoms with Gasteiger partial charge in [0.1, 0.15) is 5.69 Å². The lowest BCUT2D eigenvalue weighted by Gasteiger charge is -2.02. The van der Waals surface area contributed by atoms with Gasteiger partial charge in [-0.15, -0.1) is 10.2 Å². The third-order valence-electron chi connectivity index (χ3n) is 2.94. The van der Waals surface area contributed by atoms with Crippen LogP contribution in [0.1, 0.15) is 11.3 Å². The Kier molecular flexibility index (Phi) is 3.73. The molecule has 0 aliphatic carbocycles. The number of aromatic amines is 1. The van der Waals surface area contributed by atoms with Gasteiger partial charge in [-0.2, -0.15) is 5.10 Å². The van der Waals surface area contributed by atoms with Crippen molar-refractivity contribution in [3.8, 4) is 5.69 Å². The second-order valence-electron chi connectivity index (χ2n) is 4.52. The maximum atomic E-state index is 11.4. The molecule has 8 heteroatoms. The molecule has 0 aliphatic rings. The highest BCUT2D eigenvalue weighted by Gasteiger charge is 1.98. The molecule has 2 aromatic heterocycles. The Bertz CT molecular complexity index is 834. The summed E-state index contributed by atoms with van der Waals surface area (Å²) in [6, 6.07) is 7.75. The highest BCUT2D eigenvalue weighted by Crippen LogP contribution is 2.08. The summed E-state index contributed by atoms with van der Waals surface area (Å²) in [5.41, 5.74) is 4.56. The van der Waals surface area contributed by atoms with Crippen LogP contribution in [0, 0.1) is 6.92 Å². The molecular formula is C14H13N7O. The van der Waals surface area contributed by atoms with Crippen LogP contribution >= 0.6 is 0 Å². The van der Waals surface area contributed by atoms with Gasteiger partial charge in [-0.05, 0) is 24.6 Å². The van der Waals surface area contributed by atoms with Gasteiger partial charge in [0.25, 0.3) is 5.56 Å². The van der Waals surface area contributed by atoms with Crippen LogP contribution in [-0.4, -0.2) is 30.9 Å². The number of rotatable bonds is 4. The maximum absolute atomic E-state index is 11.4. The van der Waals surface area contributed by atoms with Gasteiger partial charge in [-0.25, -0.2) is 10.4 Å². The normalized spacial score (nSPS) is 11.0. The molecule has 3 rings (SSSR count). The number of aromatic nitrogens is 5. The average Bonchev–Trinajstić information content (AvgIpc) is 3.06. The number of hydrazone groups is 1. The smallest absolute Gasteiger partial charge is 0.274 e. The van der Waals surface area contributed by atoms with E-state index in [1.165, 1.54) is 0 Å². The first kappa shape index (κ1) is 13.7. The molecule has 0 amide bonds. The molecule has 0 spiro atoms. The number of aryl methyl sites for hydroxylation is 1. The highest BCUT2D eigenvalue weighted by atomic mass is 16.1. The minimum atomic E-state index is -0.294. The van der Waals surface area contributed by atoms with Crippen LogP contribution in [0.2, 0.25) is 0 Å². The zero-order chi connectivity index (χ0) is 15.4. The van der Waals surface area contributed by atoms with Crippen LogP contribution in [0.3, 0.4) is 0 Å². The van der Waals surface area contributed by atoms with Crippen molar-refractivity contribution in [1.82, 2.24) is 24.7 Å². The zero-order valence-corrected chi connectivity index (χ0v) is 11.8. The molecule has 0 atom stereocenters. The van der Waals surface area contributed by atoms with Gasteiger partial charge in [0.15, 0.2) is 0 Å². The number of anilines is 1. The predicted molar refractivity (Wildman–Crippen MR) is 82.2 cm³/mol. The van der Waals surface area contributed by atoms with Crippen LogP contribution in [0.15, 0.2) is 52.9 Å². The molecule has 0 fully saturated rings. The fraction of sp³-hybridized carbons (Fsp3) is 0.0714. The predicted octanol–water partition coefficient (Wildman–Crippen LogP) is 1.11. The first-order valence-corrected chi connectivity index (χ1v) is 6.53. The van der Waals surface area contributed by atoms with Gasteiger partial charge in [-0.1, -0.05) is 12.1 Å². The van der Waals surface area contributed by atoms with Gasteiger partial charge < -0.3 is 4.57 Å². The van der Waals surface area contributed by atoms with Crippen molar-refractivity contribution < 1.29 is 0 Å². The third kappa shape index (κ3) is 3.06. The molecular weight excluding hydrogens is 282 g/mol. The molecule has 0 saturated heterocycles. The van der Waals surface area contributed by atoms with Crippen molar-refractivity contribution >= 4 is 12.2 Å². The van der Waals surface area contributed by atoms with E-state index in [2.05, 4.69) is 30.7 Å². The topological polar surface area (TPSA) is 101 Å². The molecule has 0 bridgehead atoms. The summed E-state index contributed by atoms with van der Waals surface area (Å²) < 4.78 is 1.91. The highest BCUT2D eigenvalue weighted by molar-refractivity contribution is 5.80. The number of hydrogen-bond acceptors (Lipinski definition) is 6. The fourth-order valence-electron chi connectivity index (χ4n) is 1.76.